The molecule has 0 amide bonds. The zero-order chi connectivity index (χ0) is 25.9. The van der Waals surface area contributed by atoms with Gasteiger partial charge in [-0.25, -0.2) is 0 Å². The summed E-state index contributed by atoms with van der Waals surface area (Å²) in [4.78, 5) is 13.2. The lowest BCUT2D eigenvalue weighted by Crippen LogP contribution is -2.36. The first kappa shape index (κ1) is 26.3. The van der Waals surface area contributed by atoms with E-state index in [1.807, 2.05) is 59.8 Å². The van der Waals surface area contributed by atoms with Gasteiger partial charge in [-0.2, -0.15) is 0 Å². The standard InChI is InChI=1S/C30H36O5/c1-17(2)7-10-20-15-22(16-21(26(20)32)11-8-18(3)4)29-28(34)27(33)24-13-14-25(31)23(30(24)35-29)12-9-19(5)6/h7-9,13-16,28-29,31-32,34H,10-12H2,1-6H3. The number of fused-ring (bicyclic) bond motifs is 1. The highest BCUT2D eigenvalue weighted by Crippen LogP contribution is 2.42. The summed E-state index contributed by atoms with van der Waals surface area (Å²) in [7, 11) is 0. The number of aliphatic hydroxyl groups is 1. The zero-order valence-electron chi connectivity index (χ0n) is 21.5. The second-order valence-corrected chi connectivity index (χ2v) is 9.93. The molecular weight excluding hydrogens is 440 g/mol. The molecule has 0 spiro atoms. The van der Waals surface area contributed by atoms with E-state index in [2.05, 4.69) is 0 Å². The maximum atomic E-state index is 13.2. The van der Waals surface area contributed by atoms with E-state index in [0.29, 0.717) is 47.3 Å². The zero-order valence-corrected chi connectivity index (χ0v) is 21.5. The Morgan fingerprint density at radius 2 is 1.37 bits per heavy atom. The Bertz CT molecular complexity index is 1160. The second kappa shape index (κ2) is 11.0. The Hall–Kier alpha value is -3.31. The molecule has 0 aliphatic carbocycles. The molecular formula is C30H36O5. The molecule has 1 aliphatic rings. The number of benzene rings is 2. The molecule has 2 atom stereocenters. The number of carbonyl (C=O) groups is 1. The van der Waals surface area contributed by atoms with Gasteiger partial charge in [0.05, 0.1) is 5.56 Å². The topological polar surface area (TPSA) is 87.0 Å². The highest BCUT2D eigenvalue weighted by molar-refractivity contribution is 6.03. The summed E-state index contributed by atoms with van der Waals surface area (Å²) < 4.78 is 6.27. The number of phenols is 2. The number of allylic oxidation sites excluding steroid dienone is 6. The number of phenolic OH excluding ortho intramolecular Hbond substituents is 2. The van der Waals surface area contributed by atoms with Crippen LogP contribution < -0.4 is 4.74 Å². The van der Waals surface area contributed by atoms with Crippen LogP contribution in [0.15, 0.2) is 59.2 Å². The fourth-order valence-electron chi connectivity index (χ4n) is 4.08. The first-order chi connectivity index (χ1) is 16.5. The molecule has 0 bridgehead atoms. The van der Waals surface area contributed by atoms with Crippen molar-refractivity contribution in [3.05, 3.63) is 87.0 Å². The van der Waals surface area contributed by atoms with Crippen LogP contribution in [0.1, 0.15) is 80.3 Å². The average Bonchev–Trinajstić information content (AvgIpc) is 2.78. The number of ether oxygens (including phenoxy) is 1. The number of Topliss-reactive ketones (excluding diaryl/α,β-unsaturated/α-hetero) is 1. The third-order valence-corrected chi connectivity index (χ3v) is 6.09. The van der Waals surface area contributed by atoms with Crippen LogP contribution in [0.2, 0.25) is 0 Å². The SMILES string of the molecule is CC(C)=CCc1cc(C2Oc3c(ccc(O)c3CC=C(C)C)C(=O)C2O)cc(CC=C(C)C)c1O. The molecule has 2 unspecified atom stereocenters. The molecule has 35 heavy (non-hydrogen) atoms. The molecule has 0 aromatic heterocycles. The fourth-order valence-corrected chi connectivity index (χ4v) is 4.08. The Morgan fingerprint density at radius 1 is 0.857 bits per heavy atom. The summed E-state index contributed by atoms with van der Waals surface area (Å²) in [5.41, 5.74) is 6.12. The number of hydrogen-bond acceptors (Lipinski definition) is 5. The number of aliphatic hydroxyl groups excluding tert-OH is 1. The van der Waals surface area contributed by atoms with Gasteiger partial charge in [-0.15, -0.1) is 0 Å². The molecule has 3 rings (SSSR count). The summed E-state index contributed by atoms with van der Waals surface area (Å²) in [5.74, 6) is 0.109. The van der Waals surface area contributed by atoms with Crippen molar-refractivity contribution in [1.82, 2.24) is 0 Å². The summed E-state index contributed by atoms with van der Waals surface area (Å²) in [5, 5.41) is 32.4. The lowest BCUT2D eigenvalue weighted by molar-refractivity contribution is 0.0211. The number of carbonyl (C=O) groups excluding carboxylic acids is 1. The predicted octanol–water partition coefficient (Wildman–Crippen LogP) is 6.30. The lowest BCUT2D eigenvalue weighted by Gasteiger charge is -2.32. The van der Waals surface area contributed by atoms with Crippen molar-refractivity contribution in [3.8, 4) is 17.2 Å². The number of hydrogen-bond donors (Lipinski definition) is 3. The smallest absolute Gasteiger partial charge is 0.199 e. The van der Waals surface area contributed by atoms with E-state index in [4.69, 9.17) is 4.74 Å². The van der Waals surface area contributed by atoms with Crippen LogP contribution in [0, 0.1) is 0 Å². The van der Waals surface area contributed by atoms with Crippen LogP contribution in [0.5, 0.6) is 17.2 Å². The Balaban J connectivity index is 2.13. The van der Waals surface area contributed by atoms with Crippen LogP contribution in [-0.2, 0) is 19.3 Å². The van der Waals surface area contributed by atoms with E-state index in [1.54, 1.807) is 12.1 Å². The van der Waals surface area contributed by atoms with Crippen LogP contribution >= 0.6 is 0 Å². The molecule has 3 N–H and O–H groups in total. The van der Waals surface area contributed by atoms with Gasteiger partial charge in [0.2, 0.25) is 0 Å². The van der Waals surface area contributed by atoms with E-state index < -0.39 is 18.0 Å². The van der Waals surface area contributed by atoms with Crippen molar-refractivity contribution in [2.75, 3.05) is 0 Å². The normalized spacial score (nSPS) is 16.7. The fraction of sp³-hybridized carbons (Fsp3) is 0.367. The van der Waals surface area contributed by atoms with E-state index in [9.17, 15) is 20.1 Å². The summed E-state index contributed by atoms with van der Waals surface area (Å²) in [6, 6.07) is 6.56. The van der Waals surface area contributed by atoms with Gasteiger partial charge >= 0.3 is 0 Å². The molecule has 1 heterocycles. The van der Waals surface area contributed by atoms with E-state index in [0.717, 1.165) is 16.7 Å². The Kier molecular flexibility index (Phi) is 8.23. The van der Waals surface area contributed by atoms with Crippen molar-refractivity contribution in [3.63, 3.8) is 0 Å². The first-order valence-electron chi connectivity index (χ1n) is 12.0. The minimum absolute atomic E-state index is 0.0448. The molecule has 0 radical (unpaired) electrons. The second-order valence-electron chi connectivity index (χ2n) is 9.93. The summed E-state index contributed by atoms with van der Waals surface area (Å²) >= 11 is 0. The third-order valence-electron chi connectivity index (χ3n) is 6.09. The average molecular weight is 477 g/mol. The van der Waals surface area contributed by atoms with Crippen molar-refractivity contribution in [2.24, 2.45) is 0 Å². The van der Waals surface area contributed by atoms with Gasteiger partial charge < -0.3 is 20.1 Å². The molecule has 5 heteroatoms. The molecule has 1 aliphatic heterocycles. The van der Waals surface area contributed by atoms with Crippen LogP contribution in [-0.4, -0.2) is 27.2 Å². The van der Waals surface area contributed by atoms with Gasteiger partial charge in [0, 0.05) is 5.56 Å². The molecule has 0 saturated carbocycles. The number of ketones is 1. The Labute approximate surface area is 208 Å². The van der Waals surface area contributed by atoms with Crippen LogP contribution in [0.25, 0.3) is 0 Å². The number of rotatable bonds is 7. The lowest BCUT2D eigenvalue weighted by atomic mass is 9.88. The van der Waals surface area contributed by atoms with E-state index >= 15 is 0 Å². The maximum absolute atomic E-state index is 13.2. The minimum Gasteiger partial charge on any atom is -0.508 e. The van der Waals surface area contributed by atoms with Crippen molar-refractivity contribution >= 4 is 5.78 Å². The van der Waals surface area contributed by atoms with Gasteiger partial charge in [0.15, 0.2) is 18.0 Å². The molecule has 5 nitrogen and oxygen atoms in total. The molecule has 2 aromatic rings. The van der Waals surface area contributed by atoms with Crippen LogP contribution in [0.4, 0.5) is 0 Å². The Morgan fingerprint density at radius 3 is 1.89 bits per heavy atom. The largest absolute Gasteiger partial charge is 0.508 e. The summed E-state index contributed by atoms with van der Waals surface area (Å²) in [6.45, 7) is 11.9. The third kappa shape index (κ3) is 6.04. The van der Waals surface area contributed by atoms with Gasteiger partial charge in [0.1, 0.15) is 17.2 Å². The highest BCUT2D eigenvalue weighted by atomic mass is 16.5. The van der Waals surface area contributed by atoms with Gasteiger partial charge in [-0.3, -0.25) is 4.79 Å². The van der Waals surface area contributed by atoms with Gasteiger partial charge in [-0.05, 0) is 102 Å². The minimum atomic E-state index is -1.40. The van der Waals surface area contributed by atoms with Gasteiger partial charge in [0.25, 0.3) is 0 Å². The monoisotopic (exact) mass is 476 g/mol. The highest BCUT2D eigenvalue weighted by Gasteiger charge is 2.39. The number of aromatic hydroxyl groups is 2. The van der Waals surface area contributed by atoms with E-state index in [-0.39, 0.29) is 17.1 Å². The maximum Gasteiger partial charge on any atom is 0.199 e. The first-order valence-corrected chi connectivity index (χ1v) is 12.0. The molecule has 0 fully saturated rings. The van der Waals surface area contributed by atoms with E-state index in [1.165, 1.54) is 12.1 Å². The predicted molar refractivity (Wildman–Crippen MR) is 139 cm³/mol. The van der Waals surface area contributed by atoms with Crippen molar-refractivity contribution in [1.29, 1.82) is 0 Å². The van der Waals surface area contributed by atoms with Gasteiger partial charge in [-0.1, -0.05) is 34.9 Å². The van der Waals surface area contributed by atoms with Crippen molar-refractivity contribution in [2.45, 2.75) is 73.0 Å². The van der Waals surface area contributed by atoms with Crippen molar-refractivity contribution < 1.29 is 24.9 Å². The molecule has 0 saturated heterocycles. The van der Waals surface area contributed by atoms with Crippen LogP contribution in [0.3, 0.4) is 0 Å². The molecule has 2 aromatic carbocycles. The summed E-state index contributed by atoms with van der Waals surface area (Å²) in [6.07, 6.45) is 5.09. The quantitative estimate of drug-likeness (QED) is 0.408. The molecule has 186 valence electrons.